The van der Waals surface area contributed by atoms with Crippen molar-refractivity contribution in [2.24, 2.45) is 5.10 Å². The van der Waals surface area contributed by atoms with E-state index in [0.717, 1.165) is 5.57 Å². The Balaban J connectivity index is 2.44. The monoisotopic (exact) mass is 144 g/mol. The minimum atomic E-state index is 1.15. The number of nitrogens with one attached hydrogen (secondary N) is 1. The number of allylic oxidation sites excluding steroid dienone is 7. The van der Waals surface area contributed by atoms with Crippen molar-refractivity contribution >= 4 is 6.21 Å². The van der Waals surface area contributed by atoms with Crippen LogP contribution in [0.3, 0.4) is 0 Å². The Morgan fingerprint density at radius 1 is 1.09 bits per heavy atom. The summed E-state index contributed by atoms with van der Waals surface area (Å²) in [6.07, 6.45) is 13.8. The molecule has 1 heterocycles. The molecule has 0 atom stereocenters. The van der Waals surface area contributed by atoms with E-state index in [1.165, 1.54) is 5.57 Å². The molecular weight excluding hydrogens is 136 g/mol. The van der Waals surface area contributed by atoms with Gasteiger partial charge in [0.1, 0.15) is 0 Å². The molecule has 0 radical (unpaired) electrons. The van der Waals surface area contributed by atoms with E-state index in [1.54, 1.807) is 0 Å². The first-order valence-electron chi connectivity index (χ1n) is 3.51. The van der Waals surface area contributed by atoms with Gasteiger partial charge in [-0.05, 0) is 0 Å². The van der Waals surface area contributed by atoms with Crippen molar-refractivity contribution in [2.75, 3.05) is 0 Å². The Labute approximate surface area is 65.3 Å². The van der Waals surface area contributed by atoms with Crippen LogP contribution in [0.4, 0.5) is 0 Å². The normalized spacial score (nSPS) is 19.6. The molecule has 1 N–H and O–H groups in total. The molecule has 54 valence electrons. The average molecular weight is 144 g/mol. The number of hydrazone groups is 1. The van der Waals surface area contributed by atoms with Crippen LogP contribution >= 0.6 is 0 Å². The lowest BCUT2D eigenvalue weighted by Gasteiger charge is -2.06. The van der Waals surface area contributed by atoms with Crippen LogP contribution in [0.2, 0.25) is 0 Å². The van der Waals surface area contributed by atoms with E-state index in [-0.39, 0.29) is 0 Å². The zero-order valence-electron chi connectivity index (χ0n) is 5.99. The molecule has 2 nitrogen and oxygen atoms in total. The zero-order valence-corrected chi connectivity index (χ0v) is 5.99. The van der Waals surface area contributed by atoms with Crippen molar-refractivity contribution in [3.05, 3.63) is 47.7 Å². The van der Waals surface area contributed by atoms with E-state index in [0.29, 0.717) is 0 Å². The molecule has 0 aromatic heterocycles. The highest BCUT2D eigenvalue weighted by atomic mass is 15.3. The first-order valence-corrected chi connectivity index (χ1v) is 3.51. The number of fused-ring (bicyclic) bond motifs is 1. The second kappa shape index (κ2) is 2.58. The third-order valence-corrected chi connectivity index (χ3v) is 1.61. The summed E-state index contributed by atoms with van der Waals surface area (Å²) in [6, 6.07) is 0. The molecule has 0 amide bonds. The zero-order chi connectivity index (χ0) is 7.52. The highest BCUT2D eigenvalue weighted by molar-refractivity contribution is 5.87. The average Bonchev–Trinajstić information content (AvgIpc) is 2.28. The van der Waals surface area contributed by atoms with Crippen LogP contribution in [0.15, 0.2) is 52.8 Å². The highest BCUT2D eigenvalue weighted by Gasteiger charge is 2.02. The third-order valence-electron chi connectivity index (χ3n) is 1.61. The van der Waals surface area contributed by atoms with Gasteiger partial charge in [0.2, 0.25) is 0 Å². The van der Waals surface area contributed by atoms with Gasteiger partial charge in [0.15, 0.2) is 0 Å². The summed E-state index contributed by atoms with van der Waals surface area (Å²) in [6.45, 7) is 0. The van der Waals surface area contributed by atoms with Gasteiger partial charge in [-0.1, -0.05) is 30.4 Å². The topological polar surface area (TPSA) is 24.4 Å². The van der Waals surface area contributed by atoms with Crippen molar-refractivity contribution in [3.8, 4) is 0 Å². The molecule has 0 bridgehead atoms. The van der Waals surface area contributed by atoms with E-state index in [2.05, 4.69) is 10.5 Å². The standard InChI is InChI=1S/C9H8N2/c1-2-4-8-6-10-11-7-9(8)5-3-1/h1-7,10H. The molecule has 2 rings (SSSR count). The maximum Gasteiger partial charge on any atom is 0.0551 e. The number of hydrogen-bond acceptors (Lipinski definition) is 2. The fourth-order valence-electron chi connectivity index (χ4n) is 1.04. The van der Waals surface area contributed by atoms with Crippen molar-refractivity contribution < 1.29 is 0 Å². The smallest absolute Gasteiger partial charge is 0.0551 e. The van der Waals surface area contributed by atoms with Gasteiger partial charge in [0.05, 0.1) is 6.21 Å². The first kappa shape index (κ1) is 6.16. The molecule has 0 aromatic rings. The molecule has 0 aromatic carbocycles. The van der Waals surface area contributed by atoms with Crippen molar-refractivity contribution in [1.29, 1.82) is 0 Å². The first-order chi connectivity index (χ1) is 5.47. The van der Waals surface area contributed by atoms with Crippen LogP contribution in [0.25, 0.3) is 0 Å². The van der Waals surface area contributed by atoms with Gasteiger partial charge >= 0.3 is 0 Å². The van der Waals surface area contributed by atoms with Gasteiger partial charge in [0, 0.05) is 17.3 Å². The predicted octanol–water partition coefficient (Wildman–Crippen LogP) is 1.51. The molecule has 2 heteroatoms. The molecule has 0 unspecified atom stereocenters. The van der Waals surface area contributed by atoms with Crippen LogP contribution in [-0.2, 0) is 0 Å². The van der Waals surface area contributed by atoms with Crippen molar-refractivity contribution in [1.82, 2.24) is 5.43 Å². The number of nitrogens with zero attached hydrogens (tertiary/aromatic N) is 1. The lowest BCUT2D eigenvalue weighted by atomic mass is 10.1. The second-order valence-electron chi connectivity index (χ2n) is 2.35. The SMILES string of the molecule is C1=CC=C2C=NNC=C2C=C1. The van der Waals surface area contributed by atoms with Crippen LogP contribution in [0.5, 0.6) is 0 Å². The molecule has 1 aliphatic heterocycles. The summed E-state index contributed by atoms with van der Waals surface area (Å²) >= 11 is 0. The van der Waals surface area contributed by atoms with E-state index in [1.807, 2.05) is 42.8 Å². The van der Waals surface area contributed by atoms with E-state index in [4.69, 9.17) is 0 Å². The summed E-state index contributed by atoms with van der Waals surface area (Å²) in [5, 5.41) is 3.92. The van der Waals surface area contributed by atoms with Gasteiger partial charge in [0.25, 0.3) is 0 Å². The minimum absolute atomic E-state index is 1.15. The van der Waals surface area contributed by atoms with Gasteiger partial charge in [-0.3, -0.25) is 5.43 Å². The van der Waals surface area contributed by atoms with E-state index < -0.39 is 0 Å². The molecule has 0 spiro atoms. The Kier molecular flexibility index (Phi) is 1.44. The summed E-state index contributed by atoms with van der Waals surface area (Å²) in [5.74, 6) is 0. The highest BCUT2D eigenvalue weighted by Crippen LogP contribution is 2.13. The van der Waals surface area contributed by atoms with Gasteiger partial charge < -0.3 is 0 Å². The van der Waals surface area contributed by atoms with E-state index >= 15 is 0 Å². The summed E-state index contributed by atoms with van der Waals surface area (Å²) < 4.78 is 0. The molecule has 0 fully saturated rings. The Morgan fingerprint density at radius 2 is 2.09 bits per heavy atom. The van der Waals surface area contributed by atoms with Gasteiger partial charge in [-0.15, -0.1) is 0 Å². The second-order valence-corrected chi connectivity index (χ2v) is 2.35. The summed E-state index contributed by atoms with van der Waals surface area (Å²) in [5.41, 5.74) is 5.12. The Hall–Kier alpha value is -1.57. The van der Waals surface area contributed by atoms with E-state index in [9.17, 15) is 0 Å². The van der Waals surface area contributed by atoms with Gasteiger partial charge in [-0.2, -0.15) is 5.10 Å². The molecule has 11 heavy (non-hydrogen) atoms. The molecule has 2 aliphatic rings. The minimum Gasteiger partial charge on any atom is -0.285 e. The quantitative estimate of drug-likeness (QED) is 0.547. The summed E-state index contributed by atoms with van der Waals surface area (Å²) in [4.78, 5) is 0. The predicted molar refractivity (Wildman–Crippen MR) is 46.1 cm³/mol. The fraction of sp³-hybridized carbons (Fsp3) is 0. The lowest BCUT2D eigenvalue weighted by molar-refractivity contribution is 0.955. The molecule has 0 saturated carbocycles. The van der Waals surface area contributed by atoms with Crippen molar-refractivity contribution in [2.45, 2.75) is 0 Å². The maximum atomic E-state index is 3.92. The van der Waals surface area contributed by atoms with Crippen LogP contribution in [0.1, 0.15) is 0 Å². The number of hydrogen-bond donors (Lipinski definition) is 1. The Bertz CT molecular complexity index is 304. The van der Waals surface area contributed by atoms with Crippen LogP contribution < -0.4 is 5.43 Å². The maximum absolute atomic E-state index is 3.92. The Morgan fingerprint density at radius 3 is 3.09 bits per heavy atom. The summed E-state index contributed by atoms with van der Waals surface area (Å²) in [7, 11) is 0. The van der Waals surface area contributed by atoms with Crippen molar-refractivity contribution in [3.63, 3.8) is 0 Å². The third kappa shape index (κ3) is 1.15. The molecule has 0 saturated heterocycles. The lowest BCUT2D eigenvalue weighted by Crippen LogP contribution is -2.05. The fourth-order valence-corrected chi connectivity index (χ4v) is 1.04. The molecule has 1 aliphatic carbocycles. The molecular formula is C9H8N2. The van der Waals surface area contributed by atoms with Gasteiger partial charge in [-0.25, -0.2) is 0 Å². The number of rotatable bonds is 0. The largest absolute Gasteiger partial charge is 0.285 e. The van der Waals surface area contributed by atoms with Crippen LogP contribution in [-0.4, -0.2) is 6.21 Å². The van der Waals surface area contributed by atoms with Crippen LogP contribution in [0, 0.1) is 0 Å².